The van der Waals surface area contributed by atoms with Gasteiger partial charge in [-0.1, -0.05) is 12.8 Å². The molecule has 0 radical (unpaired) electrons. The van der Waals surface area contributed by atoms with Gasteiger partial charge in [-0.25, -0.2) is 0 Å². The Balaban J connectivity index is 0.00000256. The van der Waals surface area contributed by atoms with E-state index in [0.29, 0.717) is 12.6 Å². The molecule has 0 saturated heterocycles. The molecule has 0 heterocycles. The highest BCUT2D eigenvalue weighted by molar-refractivity contribution is 5.86. The second-order valence-electron chi connectivity index (χ2n) is 4.10. The van der Waals surface area contributed by atoms with Gasteiger partial charge in [-0.15, -0.1) is 12.4 Å². The Morgan fingerprint density at radius 2 is 1.94 bits per heavy atom. The fourth-order valence-electron chi connectivity index (χ4n) is 2.20. The first-order valence-corrected chi connectivity index (χ1v) is 5.95. The van der Waals surface area contributed by atoms with Crippen LogP contribution in [-0.4, -0.2) is 42.4 Å². The fourth-order valence-corrected chi connectivity index (χ4v) is 2.20. The Kier molecular flexibility index (Phi) is 7.91. The maximum Gasteiger partial charge on any atom is 0.242 e. The van der Waals surface area contributed by atoms with Crippen LogP contribution in [-0.2, 0) is 9.59 Å². The number of nitrogens with zero attached hydrogens (tertiary/aromatic N) is 1. The third kappa shape index (κ3) is 4.91. The van der Waals surface area contributed by atoms with Gasteiger partial charge in [-0.2, -0.15) is 0 Å². The lowest BCUT2D eigenvalue weighted by atomic mass is 10.2. The summed E-state index contributed by atoms with van der Waals surface area (Å²) in [4.78, 5) is 24.7. The molecule has 1 aliphatic carbocycles. The van der Waals surface area contributed by atoms with Crippen molar-refractivity contribution in [2.45, 2.75) is 38.6 Å². The molecule has 100 valence electrons. The van der Waals surface area contributed by atoms with Crippen LogP contribution in [0, 0.1) is 0 Å². The molecule has 0 aromatic carbocycles. The number of halogens is 1. The van der Waals surface area contributed by atoms with E-state index in [-0.39, 0.29) is 37.3 Å². The van der Waals surface area contributed by atoms with Crippen molar-refractivity contribution in [3.8, 4) is 0 Å². The van der Waals surface area contributed by atoms with E-state index >= 15 is 0 Å². The summed E-state index contributed by atoms with van der Waals surface area (Å²) in [5.41, 5.74) is 5.15. The zero-order chi connectivity index (χ0) is 12.0. The van der Waals surface area contributed by atoms with Crippen molar-refractivity contribution in [3.05, 3.63) is 0 Å². The summed E-state index contributed by atoms with van der Waals surface area (Å²) >= 11 is 0. The van der Waals surface area contributed by atoms with Crippen molar-refractivity contribution >= 4 is 24.2 Å². The number of hydrogen-bond donors (Lipinski definition) is 2. The lowest BCUT2D eigenvalue weighted by Crippen LogP contribution is -2.45. The molecule has 0 spiro atoms. The molecule has 1 rings (SSSR count). The molecule has 3 N–H and O–H groups in total. The van der Waals surface area contributed by atoms with Gasteiger partial charge in [0.25, 0.3) is 0 Å². The maximum atomic E-state index is 11.9. The van der Waals surface area contributed by atoms with E-state index in [1.54, 1.807) is 0 Å². The van der Waals surface area contributed by atoms with E-state index < -0.39 is 0 Å². The van der Waals surface area contributed by atoms with E-state index in [1.807, 2.05) is 11.8 Å². The van der Waals surface area contributed by atoms with Crippen molar-refractivity contribution in [1.82, 2.24) is 10.2 Å². The monoisotopic (exact) mass is 263 g/mol. The van der Waals surface area contributed by atoms with Crippen molar-refractivity contribution < 1.29 is 9.59 Å². The van der Waals surface area contributed by atoms with Gasteiger partial charge >= 0.3 is 0 Å². The van der Waals surface area contributed by atoms with Crippen molar-refractivity contribution in [1.29, 1.82) is 0 Å². The van der Waals surface area contributed by atoms with Crippen LogP contribution in [0.15, 0.2) is 0 Å². The highest BCUT2D eigenvalue weighted by Crippen LogP contribution is 2.23. The molecule has 1 aliphatic rings. The molecule has 0 aromatic rings. The zero-order valence-corrected chi connectivity index (χ0v) is 11.1. The normalized spacial score (nSPS) is 15.2. The number of nitrogens with one attached hydrogen (secondary N) is 1. The number of nitrogens with two attached hydrogens (primary N) is 1. The average molecular weight is 264 g/mol. The standard InChI is InChI=1S/C11H21N3O2.ClH/c1-2-14(9-5-3-4-6-9)11(16)8-13-10(15)7-12;/h9H,2-8,12H2,1H3,(H,13,15);1H. The van der Waals surface area contributed by atoms with Crippen LogP contribution in [0.2, 0.25) is 0 Å². The highest BCUT2D eigenvalue weighted by atomic mass is 35.5. The number of amides is 2. The highest BCUT2D eigenvalue weighted by Gasteiger charge is 2.25. The van der Waals surface area contributed by atoms with Crippen molar-refractivity contribution in [2.75, 3.05) is 19.6 Å². The van der Waals surface area contributed by atoms with Crippen molar-refractivity contribution in [2.24, 2.45) is 5.73 Å². The Bertz CT molecular complexity index is 255. The Morgan fingerprint density at radius 1 is 1.35 bits per heavy atom. The largest absolute Gasteiger partial charge is 0.346 e. The molecule has 0 unspecified atom stereocenters. The lowest BCUT2D eigenvalue weighted by Gasteiger charge is -2.27. The number of carbonyl (C=O) groups excluding carboxylic acids is 2. The minimum absolute atomic E-state index is 0. The SMILES string of the molecule is CCN(C(=O)CNC(=O)CN)C1CCCC1.Cl. The van der Waals surface area contributed by atoms with Gasteiger partial charge in [0.1, 0.15) is 0 Å². The summed E-state index contributed by atoms with van der Waals surface area (Å²) in [5.74, 6) is -0.285. The zero-order valence-electron chi connectivity index (χ0n) is 10.3. The number of hydrogen-bond acceptors (Lipinski definition) is 3. The fraction of sp³-hybridized carbons (Fsp3) is 0.818. The second-order valence-corrected chi connectivity index (χ2v) is 4.10. The first-order chi connectivity index (χ1) is 7.69. The van der Waals surface area contributed by atoms with Crippen LogP contribution in [0.4, 0.5) is 0 Å². The topological polar surface area (TPSA) is 75.4 Å². The summed E-state index contributed by atoms with van der Waals surface area (Å²) < 4.78 is 0. The summed E-state index contributed by atoms with van der Waals surface area (Å²) in [7, 11) is 0. The van der Waals surface area contributed by atoms with E-state index in [4.69, 9.17) is 5.73 Å². The quantitative estimate of drug-likeness (QED) is 0.748. The molecular weight excluding hydrogens is 242 g/mol. The predicted molar refractivity (Wildman–Crippen MR) is 69.0 cm³/mol. The van der Waals surface area contributed by atoms with Gasteiger partial charge in [0.15, 0.2) is 0 Å². The predicted octanol–water partition coefficient (Wildman–Crippen LogP) is 0.274. The summed E-state index contributed by atoms with van der Waals surface area (Å²) in [5, 5.41) is 2.52. The first kappa shape index (κ1) is 16.2. The van der Waals surface area contributed by atoms with E-state index in [2.05, 4.69) is 5.32 Å². The van der Waals surface area contributed by atoms with Crippen LogP contribution in [0.3, 0.4) is 0 Å². The lowest BCUT2D eigenvalue weighted by molar-refractivity contribution is -0.134. The molecule has 0 atom stereocenters. The van der Waals surface area contributed by atoms with Crippen molar-refractivity contribution in [3.63, 3.8) is 0 Å². The number of likely N-dealkylation sites (N-methyl/N-ethyl adjacent to an activating group) is 1. The van der Waals surface area contributed by atoms with Gasteiger partial charge < -0.3 is 16.0 Å². The Morgan fingerprint density at radius 3 is 2.41 bits per heavy atom. The third-order valence-electron chi connectivity index (χ3n) is 3.05. The summed E-state index contributed by atoms with van der Waals surface area (Å²) in [6.07, 6.45) is 4.57. The maximum absolute atomic E-state index is 11.9. The van der Waals surface area contributed by atoms with Gasteiger partial charge in [0, 0.05) is 12.6 Å². The van der Waals surface area contributed by atoms with E-state index in [1.165, 1.54) is 12.8 Å². The number of carbonyl (C=O) groups is 2. The smallest absolute Gasteiger partial charge is 0.242 e. The molecule has 17 heavy (non-hydrogen) atoms. The molecule has 1 saturated carbocycles. The van der Waals surface area contributed by atoms with Gasteiger partial charge in [-0.05, 0) is 19.8 Å². The van der Waals surface area contributed by atoms with E-state index in [0.717, 1.165) is 12.8 Å². The van der Waals surface area contributed by atoms with Crippen LogP contribution in [0.25, 0.3) is 0 Å². The Labute approximate surface area is 109 Å². The molecule has 2 amide bonds. The van der Waals surface area contributed by atoms with Gasteiger partial charge in [0.2, 0.25) is 11.8 Å². The number of rotatable bonds is 5. The molecule has 0 aromatic heterocycles. The van der Waals surface area contributed by atoms with Crippen LogP contribution < -0.4 is 11.1 Å². The summed E-state index contributed by atoms with van der Waals surface area (Å²) in [6.45, 7) is 2.69. The molecule has 0 aliphatic heterocycles. The van der Waals surface area contributed by atoms with Gasteiger partial charge in [0.05, 0.1) is 13.1 Å². The molecule has 1 fully saturated rings. The average Bonchev–Trinajstić information content (AvgIpc) is 2.80. The van der Waals surface area contributed by atoms with E-state index in [9.17, 15) is 9.59 Å². The minimum Gasteiger partial charge on any atom is -0.346 e. The molecule has 5 nitrogen and oxygen atoms in total. The third-order valence-corrected chi connectivity index (χ3v) is 3.05. The molecule has 0 bridgehead atoms. The van der Waals surface area contributed by atoms with Gasteiger partial charge in [-0.3, -0.25) is 9.59 Å². The van der Waals surface area contributed by atoms with Crippen LogP contribution >= 0.6 is 12.4 Å². The molecule has 6 heteroatoms. The second kappa shape index (κ2) is 8.31. The summed E-state index contributed by atoms with van der Waals surface area (Å²) in [6, 6.07) is 0.368. The first-order valence-electron chi connectivity index (χ1n) is 5.95. The van der Waals surface area contributed by atoms with Crippen LogP contribution in [0.1, 0.15) is 32.6 Å². The molecular formula is C11H22ClN3O2. The minimum atomic E-state index is -0.282. The van der Waals surface area contributed by atoms with Crippen LogP contribution in [0.5, 0.6) is 0 Å². The Hall–Kier alpha value is -0.810.